The van der Waals surface area contributed by atoms with Crippen LogP contribution in [0.1, 0.15) is 9.67 Å². The predicted octanol–water partition coefficient (Wildman–Crippen LogP) is 3.52. The van der Waals surface area contributed by atoms with E-state index in [1.165, 1.54) is 23.6 Å². The van der Waals surface area contributed by atoms with Gasteiger partial charge in [0.05, 0.1) is 0 Å². The third kappa shape index (κ3) is 2.42. The number of carboxylic acid groups (broad SMARTS) is 1. The number of rotatable bonds is 3. The van der Waals surface area contributed by atoms with Gasteiger partial charge in [-0.2, -0.15) is 4.39 Å². The van der Waals surface area contributed by atoms with Gasteiger partial charge in [0, 0.05) is 11.4 Å². The van der Waals surface area contributed by atoms with E-state index in [2.05, 4.69) is 0 Å². The van der Waals surface area contributed by atoms with E-state index < -0.39 is 17.6 Å². The Hall–Kier alpha value is -1.95. The number of carbonyl (C=O) groups is 1. The Kier molecular flexibility index (Phi) is 3.06. The molecule has 3 nitrogen and oxygen atoms in total. The molecule has 0 aliphatic rings. The molecule has 1 aromatic heterocycles. The van der Waals surface area contributed by atoms with Crippen LogP contribution in [0.4, 0.5) is 8.78 Å². The van der Waals surface area contributed by atoms with Crippen molar-refractivity contribution in [3.63, 3.8) is 0 Å². The van der Waals surface area contributed by atoms with E-state index in [1.807, 2.05) is 0 Å². The van der Waals surface area contributed by atoms with Crippen molar-refractivity contribution in [2.45, 2.75) is 0 Å². The molecule has 0 aliphatic heterocycles. The second-order valence-corrected chi connectivity index (χ2v) is 4.02. The first-order chi connectivity index (χ1) is 8.08. The van der Waals surface area contributed by atoms with Gasteiger partial charge in [0.1, 0.15) is 10.6 Å². The van der Waals surface area contributed by atoms with Crippen LogP contribution in [0.15, 0.2) is 29.6 Å². The highest BCUT2D eigenvalue weighted by molar-refractivity contribution is 7.12. The highest BCUT2D eigenvalue weighted by Gasteiger charge is 2.12. The topological polar surface area (TPSA) is 46.5 Å². The van der Waals surface area contributed by atoms with Crippen LogP contribution < -0.4 is 4.74 Å². The number of benzene rings is 1. The monoisotopic (exact) mass is 256 g/mol. The van der Waals surface area contributed by atoms with E-state index in [-0.39, 0.29) is 16.4 Å². The number of aromatic carboxylic acids is 1. The summed E-state index contributed by atoms with van der Waals surface area (Å²) in [5.41, 5.74) is 0. The molecule has 0 amide bonds. The Morgan fingerprint density at radius 2 is 2.12 bits per heavy atom. The third-order valence-corrected chi connectivity index (χ3v) is 2.83. The number of ether oxygens (including phenoxy) is 1. The number of hydrogen-bond acceptors (Lipinski definition) is 3. The summed E-state index contributed by atoms with van der Waals surface area (Å²) in [7, 11) is 0. The Morgan fingerprint density at radius 3 is 2.76 bits per heavy atom. The highest BCUT2D eigenvalue weighted by Crippen LogP contribution is 2.29. The molecular formula is C11H6F2O3S. The predicted molar refractivity (Wildman–Crippen MR) is 57.7 cm³/mol. The standard InChI is InChI=1S/C11H6F2O3S/c12-7-2-1-3-8(10(7)13)16-6-4-9(11(14)15)17-5-6/h1-5H,(H,14,15). The van der Waals surface area contributed by atoms with E-state index in [0.29, 0.717) is 0 Å². The van der Waals surface area contributed by atoms with Crippen LogP contribution in [-0.4, -0.2) is 11.1 Å². The second kappa shape index (κ2) is 4.50. The average molecular weight is 256 g/mol. The Morgan fingerprint density at radius 1 is 1.35 bits per heavy atom. The van der Waals surface area contributed by atoms with Gasteiger partial charge in [0.25, 0.3) is 0 Å². The molecule has 0 fully saturated rings. The summed E-state index contributed by atoms with van der Waals surface area (Å²) < 4.78 is 31.2. The summed E-state index contributed by atoms with van der Waals surface area (Å²) in [4.78, 5) is 10.7. The fraction of sp³-hybridized carbons (Fsp3) is 0. The molecule has 0 bridgehead atoms. The lowest BCUT2D eigenvalue weighted by molar-refractivity contribution is 0.0702. The molecule has 88 valence electrons. The lowest BCUT2D eigenvalue weighted by Crippen LogP contribution is -1.92. The van der Waals surface area contributed by atoms with E-state index in [9.17, 15) is 13.6 Å². The zero-order valence-electron chi connectivity index (χ0n) is 8.31. The third-order valence-electron chi connectivity index (χ3n) is 1.93. The molecule has 1 heterocycles. The maximum atomic E-state index is 13.2. The quantitative estimate of drug-likeness (QED) is 0.913. The molecule has 2 aromatic rings. The molecule has 1 aromatic carbocycles. The van der Waals surface area contributed by atoms with Gasteiger partial charge in [-0.1, -0.05) is 6.07 Å². The molecule has 0 saturated heterocycles. The van der Waals surface area contributed by atoms with Crippen molar-refractivity contribution in [1.82, 2.24) is 0 Å². The van der Waals surface area contributed by atoms with Crippen molar-refractivity contribution in [3.8, 4) is 11.5 Å². The first kappa shape index (κ1) is 11.5. The summed E-state index contributed by atoms with van der Waals surface area (Å²) in [6.45, 7) is 0. The fourth-order valence-corrected chi connectivity index (χ4v) is 1.82. The Bertz CT molecular complexity index is 566. The van der Waals surface area contributed by atoms with Crippen molar-refractivity contribution < 1.29 is 23.4 Å². The molecule has 0 atom stereocenters. The summed E-state index contributed by atoms with van der Waals surface area (Å²) in [6, 6.07) is 4.78. The first-order valence-electron chi connectivity index (χ1n) is 4.51. The highest BCUT2D eigenvalue weighted by atomic mass is 32.1. The summed E-state index contributed by atoms with van der Waals surface area (Å²) in [5.74, 6) is -3.33. The number of hydrogen-bond donors (Lipinski definition) is 1. The summed E-state index contributed by atoms with van der Waals surface area (Å²) in [5, 5.41) is 10.1. The normalized spacial score (nSPS) is 10.2. The minimum Gasteiger partial charge on any atom is -0.477 e. The summed E-state index contributed by atoms with van der Waals surface area (Å²) in [6.07, 6.45) is 0. The molecule has 2 rings (SSSR count). The molecule has 6 heteroatoms. The second-order valence-electron chi connectivity index (χ2n) is 3.11. The molecule has 0 saturated carbocycles. The maximum Gasteiger partial charge on any atom is 0.346 e. The van der Waals surface area contributed by atoms with Crippen LogP contribution in [0, 0.1) is 11.6 Å². The van der Waals surface area contributed by atoms with Crippen molar-refractivity contribution in [1.29, 1.82) is 0 Å². The van der Waals surface area contributed by atoms with Crippen molar-refractivity contribution in [2.24, 2.45) is 0 Å². The van der Waals surface area contributed by atoms with Crippen LogP contribution in [0.5, 0.6) is 11.5 Å². The van der Waals surface area contributed by atoms with Crippen molar-refractivity contribution >= 4 is 17.3 Å². The molecule has 0 radical (unpaired) electrons. The van der Waals surface area contributed by atoms with E-state index in [0.717, 1.165) is 17.4 Å². The van der Waals surface area contributed by atoms with Gasteiger partial charge < -0.3 is 9.84 Å². The largest absolute Gasteiger partial charge is 0.477 e. The van der Waals surface area contributed by atoms with Gasteiger partial charge in [-0.05, 0) is 12.1 Å². The van der Waals surface area contributed by atoms with Crippen molar-refractivity contribution in [2.75, 3.05) is 0 Å². The van der Waals surface area contributed by atoms with E-state index in [4.69, 9.17) is 9.84 Å². The molecule has 0 spiro atoms. The molecule has 0 unspecified atom stereocenters. The Balaban J connectivity index is 2.25. The number of thiophene rings is 1. The lowest BCUT2D eigenvalue weighted by Gasteiger charge is -2.04. The van der Waals surface area contributed by atoms with Crippen LogP contribution in [-0.2, 0) is 0 Å². The minimum absolute atomic E-state index is 0.0665. The lowest BCUT2D eigenvalue weighted by atomic mass is 10.3. The first-order valence-corrected chi connectivity index (χ1v) is 5.39. The van der Waals surface area contributed by atoms with Crippen LogP contribution >= 0.6 is 11.3 Å². The SMILES string of the molecule is O=C(O)c1cc(Oc2cccc(F)c2F)cs1. The molecule has 0 aliphatic carbocycles. The van der Waals surface area contributed by atoms with Gasteiger partial charge in [-0.3, -0.25) is 0 Å². The fourth-order valence-electron chi connectivity index (χ4n) is 1.17. The van der Waals surface area contributed by atoms with Gasteiger partial charge >= 0.3 is 5.97 Å². The van der Waals surface area contributed by atoms with Crippen LogP contribution in [0.3, 0.4) is 0 Å². The van der Waals surface area contributed by atoms with Crippen molar-refractivity contribution in [3.05, 3.63) is 46.2 Å². The van der Waals surface area contributed by atoms with Gasteiger partial charge in [0.15, 0.2) is 11.6 Å². The molecule has 1 N–H and O–H groups in total. The van der Waals surface area contributed by atoms with Gasteiger partial charge in [-0.25, -0.2) is 9.18 Å². The molecule has 17 heavy (non-hydrogen) atoms. The summed E-state index contributed by atoms with van der Waals surface area (Å²) >= 11 is 0.946. The van der Waals surface area contributed by atoms with Crippen LogP contribution in [0.2, 0.25) is 0 Å². The smallest absolute Gasteiger partial charge is 0.346 e. The van der Waals surface area contributed by atoms with Crippen LogP contribution in [0.25, 0.3) is 0 Å². The number of carboxylic acids is 1. The number of halogens is 2. The zero-order valence-corrected chi connectivity index (χ0v) is 9.13. The molecular weight excluding hydrogens is 250 g/mol. The maximum absolute atomic E-state index is 13.2. The zero-order chi connectivity index (χ0) is 12.4. The van der Waals surface area contributed by atoms with Gasteiger partial charge in [0.2, 0.25) is 5.82 Å². The van der Waals surface area contributed by atoms with Gasteiger partial charge in [-0.15, -0.1) is 11.3 Å². The Labute approximate surface area is 98.9 Å². The average Bonchev–Trinajstić information content (AvgIpc) is 2.73. The van der Waals surface area contributed by atoms with E-state index in [1.54, 1.807) is 0 Å². The van der Waals surface area contributed by atoms with E-state index >= 15 is 0 Å². The minimum atomic E-state index is -1.10.